The summed E-state index contributed by atoms with van der Waals surface area (Å²) in [4.78, 5) is 14.0. The fourth-order valence-corrected chi connectivity index (χ4v) is 2.58. The Kier molecular flexibility index (Phi) is 4.65. The molecule has 4 nitrogen and oxygen atoms in total. The Morgan fingerprint density at radius 2 is 2.25 bits per heavy atom. The van der Waals surface area contributed by atoms with Crippen LogP contribution >= 0.6 is 0 Å². The quantitative estimate of drug-likeness (QED) is 0.898. The number of carbonyl (C=O) groups is 1. The van der Waals surface area contributed by atoms with Crippen LogP contribution in [0.3, 0.4) is 0 Å². The number of carbonyl (C=O) groups excluding carboxylic acids is 1. The zero-order valence-corrected chi connectivity index (χ0v) is 12.8. The summed E-state index contributed by atoms with van der Waals surface area (Å²) in [7, 11) is 1.68. The fraction of sp³-hybridized carbons (Fsp3) is 0.562. The zero-order valence-electron chi connectivity index (χ0n) is 12.8. The van der Waals surface area contributed by atoms with Gasteiger partial charge in [0.05, 0.1) is 13.7 Å². The van der Waals surface area contributed by atoms with Gasteiger partial charge in [0.25, 0.3) is 0 Å². The van der Waals surface area contributed by atoms with Gasteiger partial charge in [0.2, 0.25) is 5.91 Å². The molecule has 0 aliphatic carbocycles. The summed E-state index contributed by atoms with van der Waals surface area (Å²) in [6.07, 6.45) is 1.07. The number of ether oxygens (including phenoxy) is 1. The first-order chi connectivity index (χ1) is 9.56. The predicted molar refractivity (Wildman–Crippen MR) is 79.6 cm³/mol. The summed E-state index contributed by atoms with van der Waals surface area (Å²) in [6, 6.07) is 6.10. The van der Waals surface area contributed by atoms with Crippen LogP contribution < -0.4 is 10.1 Å². The summed E-state index contributed by atoms with van der Waals surface area (Å²) < 4.78 is 5.29. The molecule has 0 aromatic heterocycles. The van der Waals surface area contributed by atoms with Crippen LogP contribution in [0.2, 0.25) is 0 Å². The highest BCUT2D eigenvalue weighted by atomic mass is 16.5. The van der Waals surface area contributed by atoms with Gasteiger partial charge < -0.3 is 9.64 Å². The van der Waals surface area contributed by atoms with Crippen molar-refractivity contribution in [3.63, 3.8) is 0 Å². The Hall–Kier alpha value is -1.55. The average Bonchev–Trinajstić information content (AvgIpc) is 2.80. The van der Waals surface area contributed by atoms with Gasteiger partial charge in [0.15, 0.2) is 0 Å². The van der Waals surface area contributed by atoms with Gasteiger partial charge in [-0.2, -0.15) is 0 Å². The molecular formula is C16H24N2O2. The summed E-state index contributed by atoms with van der Waals surface area (Å²) >= 11 is 0. The molecule has 1 amide bonds. The average molecular weight is 276 g/mol. The third-order valence-corrected chi connectivity index (χ3v) is 4.02. The highest BCUT2D eigenvalue weighted by molar-refractivity contribution is 5.81. The molecule has 1 heterocycles. The Bertz CT molecular complexity index is 487. The number of amides is 1. The van der Waals surface area contributed by atoms with E-state index in [1.165, 1.54) is 0 Å². The van der Waals surface area contributed by atoms with Crippen molar-refractivity contribution in [2.75, 3.05) is 20.2 Å². The van der Waals surface area contributed by atoms with Crippen molar-refractivity contribution in [1.82, 2.24) is 10.2 Å². The van der Waals surface area contributed by atoms with Gasteiger partial charge in [0, 0.05) is 6.54 Å². The molecule has 0 saturated carbocycles. The van der Waals surface area contributed by atoms with Crippen LogP contribution in [0.5, 0.6) is 5.75 Å². The maximum atomic E-state index is 12.1. The van der Waals surface area contributed by atoms with Gasteiger partial charge in [-0.15, -0.1) is 0 Å². The third kappa shape index (κ3) is 2.96. The smallest absolute Gasteiger partial charge is 0.238 e. The molecule has 1 aliphatic rings. The van der Waals surface area contributed by atoms with Crippen molar-refractivity contribution in [3.05, 3.63) is 29.3 Å². The molecule has 1 N–H and O–H groups in total. The van der Waals surface area contributed by atoms with Crippen molar-refractivity contribution in [2.24, 2.45) is 5.92 Å². The van der Waals surface area contributed by atoms with Crippen LogP contribution in [0, 0.1) is 12.8 Å². The number of methoxy groups -OCH3 is 1. The van der Waals surface area contributed by atoms with E-state index in [4.69, 9.17) is 4.74 Å². The molecule has 110 valence electrons. The first kappa shape index (κ1) is 14.9. The topological polar surface area (TPSA) is 41.6 Å². The largest absolute Gasteiger partial charge is 0.496 e. The molecule has 2 unspecified atom stereocenters. The minimum Gasteiger partial charge on any atom is -0.496 e. The van der Waals surface area contributed by atoms with Gasteiger partial charge >= 0.3 is 0 Å². The van der Waals surface area contributed by atoms with Crippen LogP contribution in [0.1, 0.15) is 37.6 Å². The van der Waals surface area contributed by atoms with E-state index in [2.05, 4.69) is 25.2 Å². The van der Waals surface area contributed by atoms with Crippen molar-refractivity contribution in [2.45, 2.75) is 33.4 Å². The highest BCUT2D eigenvalue weighted by Gasteiger charge is 2.32. The minimum atomic E-state index is -0.0129. The lowest BCUT2D eigenvalue weighted by Crippen LogP contribution is -2.34. The summed E-state index contributed by atoms with van der Waals surface area (Å²) in [6.45, 7) is 7.59. The van der Waals surface area contributed by atoms with E-state index in [-0.39, 0.29) is 12.1 Å². The number of benzene rings is 1. The molecule has 1 aliphatic heterocycles. The summed E-state index contributed by atoms with van der Waals surface area (Å²) in [5.74, 6) is 1.58. The third-order valence-electron chi connectivity index (χ3n) is 4.02. The van der Waals surface area contributed by atoms with Gasteiger partial charge in [-0.05, 0) is 36.1 Å². The van der Waals surface area contributed by atoms with Crippen LogP contribution in [0.25, 0.3) is 0 Å². The van der Waals surface area contributed by atoms with Crippen molar-refractivity contribution >= 4 is 5.91 Å². The van der Waals surface area contributed by atoms with Crippen LogP contribution in [0.15, 0.2) is 18.2 Å². The van der Waals surface area contributed by atoms with E-state index >= 15 is 0 Å². The van der Waals surface area contributed by atoms with Crippen LogP contribution in [0.4, 0.5) is 0 Å². The SMILES string of the molecule is CCC(C)CN1C(=O)CNC1c1ccc(OC)c(C)c1. The molecule has 2 atom stereocenters. The lowest BCUT2D eigenvalue weighted by atomic mass is 10.1. The van der Waals surface area contributed by atoms with Crippen LogP contribution in [-0.2, 0) is 4.79 Å². The Balaban J connectivity index is 2.21. The van der Waals surface area contributed by atoms with E-state index in [1.807, 2.05) is 24.0 Å². The lowest BCUT2D eigenvalue weighted by molar-refractivity contribution is -0.128. The van der Waals surface area contributed by atoms with Gasteiger partial charge in [-0.1, -0.05) is 26.3 Å². The Morgan fingerprint density at radius 1 is 1.50 bits per heavy atom. The molecule has 2 rings (SSSR count). The molecule has 4 heteroatoms. The zero-order chi connectivity index (χ0) is 14.7. The Labute approximate surface area is 121 Å². The second kappa shape index (κ2) is 6.27. The molecule has 0 spiro atoms. The maximum absolute atomic E-state index is 12.1. The monoisotopic (exact) mass is 276 g/mol. The van der Waals surface area contributed by atoms with Gasteiger partial charge in [-0.3, -0.25) is 10.1 Å². The molecule has 1 fully saturated rings. The first-order valence-corrected chi connectivity index (χ1v) is 7.24. The first-order valence-electron chi connectivity index (χ1n) is 7.24. The van der Waals surface area contributed by atoms with E-state index < -0.39 is 0 Å². The van der Waals surface area contributed by atoms with Gasteiger partial charge in [0.1, 0.15) is 11.9 Å². The molecule has 0 radical (unpaired) electrons. The number of hydrogen-bond donors (Lipinski definition) is 1. The van der Waals surface area contributed by atoms with Gasteiger partial charge in [-0.25, -0.2) is 0 Å². The standard InChI is InChI=1S/C16H24N2O2/c1-5-11(2)10-18-15(19)9-17-16(18)13-6-7-14(20-4)12(3)8-13/h6-8,11,16-17H,5,9-10H2,1-4H3. The number of aryl methyl sites for hydroxylation is 1. The number of nitrogens with zero attached hydrogens (tertiary/aromatic N) is 1. The lowest BCUT2D eigenvalue weighted by Gasteiger charge is -2.27. The van der Waals surface area contributed by atoms with Crippen molar-refractivity contribution < 1.29 is 9.53 Å². The molecule has 1 aromatic carbocycles. The summed E-state index contributed by atoms with van der Waals surface area (Å²) in [5.41, 5.74) is 2.21. The second-order valence-electron chi connectivity index (χ2n) is 5.57. The molecular weight excluding hydrogens is 252 g/mol. The highest BCUT2D eigenvalue weighted by Crippen LogP contribution is 2.28. The minimum absolute atomic E-state index is 0.0129. The number of nitrogens with one attached hydrogen (secondary N) is 1. The predicted octanol–water partition coefficient (Wildman–Crippen LogP) is 2.48. The summed E-state index contributed by atoms with van der Waals surface area (Å²) in [5, 5.41) is 3.30. The fourth-order valence-electron chi connectivity index (χ4n) is 2.58. The number of hydrogen-bond acceptors (Lipinski definition) is 3. The Morgan fingerprint density at radius 3 is 2.85 bits per heavy atom. The second-order valence-corrected chi connectivity index (χ2v) is 5.57. The molecule has 20 heavy (non-hydrogen) atoms. The maximum Gasteiger partial charge on any atom is 0.238 e. The van der Waals surface area contributed by atoms with Crippen molar-refractivity contribution in [3.8, 4) is 5.75 Å². The van der Waals surface area contributed by atoms with Crippen molar-refractivity contribution in [1.29, 1.82) is 0 Å². The van der Waals surface area contributed by atoms with E-state index in [0.29, 0.717) is 12.5 Å². The normalized spacial score (nSPS) is 20.3. The van der Waals surface area contributed by atoms with E-state index in [0.717, 1.165) is 29.8 Å². The van der Waals surface area contributed by atoms with E-state index in [1.54, 1.807) is 7.11 Å². The molecule has 1 aromatic rings. The van der Waals surface area contributed by atoms with Crippen LogP contribution in [-0.4, -0.2) is 31.0 Å². The number of rotatable bonds is 5. The van der Waals surface area contributed by atoms with E-state index in [9.17, 15) is 4.79 Å². The molecule has 1 saturated heterocycles. The molecule has 0 bridgehead atoms.